The second kappa shape index (κ2) is 5.69. The largest absolute Gasteiger partial charge is 0.491 e. The second-order valence-corrected chi connectivity index (χ2v) is 7.11. The molecular formula is C17H24ClNO2. The Labute approximate surface area is 132 Å². The number of rotatable bonds is 5. The van der Waals surface area contributed by atoms with Crippen LogP contribution in [0, 0.1) is 11.3 Å². The number of nitrogens with one attached hydrogen (secondary N) is 1. The van der Waals surface area contributed by atoms with Crippen molar-refractivity contribution in [2.75, 3.05) is 18.5 Å². The Bertz CT molecular complexity index is 518. The van der Waals surface area contributed by atoms with E-state index >= 15 is 0 Å². The van der Waals surface area contributed by atoms with Gasteiger partial charge in [-0.05, 0) is 31.0 Å². The summed E-state index contributed by atoms with van der Waals surface area (Å²) >= 11 is 6.16. The number of anilines is 1. The quantitative estimate of drug-likeness (QED) is 0.877. The maximum atomic E-state index is 6.16. The van der Waals surface area contributed by atoms with E-state index in [1.54, 1.807) is 0 Å². The van der Waals surface area contributed by atoms with E-state index in [0.29, 0.717) is 18.1 Å². The van der Waals surface area contributed by atoms with Gasteiger partial charge in [0.1, 0.15) is 5.75 Å². The topological polar surface area (TPSA) is 30.5 Å². The average molecular weight is 310 g/mol. The molecule has 0 radical (unpaired) electrons. The van der Waals surface area contributed by atoms with Gasteiger partial charge in [0, 0.05) is 29.0 Å². The summed E-state index contributed by atoms with van der Waals surface area (Å²) in [5.74, 6) is 1.48. The third-order valence-corrected chi connectivity index (χ3v) is 5.05. The molecule has 1 aromatic carbocycles. The van der Waals surface area contributed by atoms with E-state index in [4.69, 9.17) is 21.1 Å². The van der Waals surface area contributed by atoms with Crippen LogP contribution >= 0.6 is 11.6 Å². The highest BCUT2D eigenvalue weighted by Gasteiger charge is 2.59. The zero-order valence-corrected chi connectivity index (χ0v) is 13.7. The van der Waals surface area contributed by atoms with Crippen LogP contribution in [0.15, 0.2) is 18.2 Å². The van der Waals surface area contributed by atoms with Crippen molar-refractivity contribution in [2.45, 2.75) is 45.8 Å². The van der Waals surface area contributed by atoms with Gasteiger partial charge in [-0.1, -0.05) is 32.4 Å². The standard InChI is InChI=1S/C17H24ClNO2/c1-4-8-20-14-6-5-11(18)10-13(14)19-15-12-7-9-21-16(12)17(15,2)3/h5-6,10,12,15-16,19H,4,7-9H2,1-3H3. The predicted molar refractivity (Wildman–Crippen MR) is 86.3 cm³/mol. The van der Waals surface area contributed by atoms with E-state index in [-0.39, 0.29) is 5.41 Å². The molecule has 3 atom stereocenters. The van der Waals surface area contributed by atoms with Crippen LogP contribution in [0.1, 0.15) is 33.6 Å². The van der Waals surface area contributed by atoms with Crippen molar-refractivity contribution in [1.82, 2.24) is 0 Å². The SMILES string of the molecule is CCCOc1ccc(Cl)cc1NC1C2CCOC2C1(C)C. The maximum Gasteiger partial charge on any atom is 0.142 e. The highest BCUT2D eigenvalue weighted by molar-refractivity contribution is 6.30. The fourth-order valence-electron chi connectivity index (χ4n) is 3.74. The van der Waals surface area contributed by atoms with Crippen LogP contribution in [0.3, 0.4) is 0 Å². The smallest absolute Gasteiger partial charge is 0.142 e. The maximum absolute atomic E-state index is 6.16. The number of ether oxygens (including phenoxy) is 2. The normalized spacial score (nSPS) is 29.6. The lowest BCUT2D eigenvalue weighted by atomic mass is 9.57. The summed E-state index contributed by atoms with van der Waals surface area (Å²) < 4.78 is 11.7. The molecule has 1 saturated heterocycles. The van der Waals surface area contributed by atoms with Gasteiger partial charge in [-0.25, -0.2) is 0 Å². The minimum Gasteiger partial charge on any atom is -0.491 e. The molecular weight excluding hydrogens is 286 g/mol. The minimum absolute atomic E-state index is 0.144. The first-order chi connectivity index (χ1) is 10.0. The highest BCUT2D eigenvalue weighted by atomic mass is 35.5. The zero-order chi connectivity index (χ0) is 15.0. The first-order valence-electron chi connectivity index (χ1n) is 7.84. The molecule has 2 fully saturated rings. The third-order valence-electron chi connectivity index (χ3n) is 4.81. The summed E-state index contributed by atoms with van der Waals surface area (Å²) in [4.78, 5) is 0. The van der Waals surface area contributed by atoms with Gasteiger partial charge in [-0.2, -0.15) is 0 Å². The zero-order valence-electron chi connectivity index (χ0n) is 13.0. The van der Waals surface area contributed by atoms with Crippen molar-refractivity contribution < 1.29 is 9.47 Å². The Morgan fingerprint density at radius 1 is 1.43 bits per heavy atom. The molecule has 116 valence electrons. The third kappa shape index (κ3) is 2.62. The van der Waals surface area contributed by atoms with Gasteiger partial charge in [0.05, 0.1) is 18.4 Å². The lowest BCUT2D eigenvalue weighted by Crippen LogP contribution is -2.63. The Morgan fingerprint density at radius 3 is 3.00 bits per heavy atom. The fourth-order valence-corrected chi connectivity index (χ4v) is 3.91. The van der Waals surface area contributed by atoms with E-state index in [1.165, 1.54) is 0 Å². The summed E-state index contributed by atoms with van der Waals surface area (Å²) in [6.07, 6.45) is 2.52. The first-order valence-corrected chi connectivity index (χ1v) is 8.22. The minimum atomic E-state index is 0.144. The molecule has 0 spiro atoms. The lowest BCUT2D eigenvalue weighted by molar-refractivity contribution is -0.0923. The summed E-state index contributed by atoms with van der Waals surface area (Å²) in [6, 6.07) is 6.21. The molecule has 1 N–H and O–H groups in total. The number of halogens is 1. The van der Waals surface area contributed by atoms with Gasteiger partial charge in [0.2, 0.25) is 0 Å². The fraction of sp³-hybridized carbons (Fsp3) is 0.647. The van der Waals surface area contributed by atoms with Crippen LogP contribution in [0.5, 0.6) is 5.75 Å². The van der Waals surface area contributed by atoms with Gasteiger partial charge >= 0.3 is 0 Å². The molecule has 0 amide bonds. The van der Waals surface area contributed by atoms with Gasteiger partial charge in [0.25, 0.3) is 0 Å². The van der Waals surface area contributed by atoms with Crippen LogP contribution in [-0.4, -0.2) is 25.4 Å². The number of benzene rings is 1. The van der Waals surface area contributed by atoms with E-state index in [1.807, 2.05) is 18.2 Å². The summed E-state index contributed by atoms with van der Waals surface area (Å²) in [7, 11) is 0. The molecule has 3 rings (SSSR count). The van der Waals surface area contributed by atoms with Crippen LogP contribution in [-0.2, 0) is 4.74 Å². The lowest BCUT2D eigenvalue weighted by Gasteiger charge is -2.55. The number of hydrogen-bond acceptors (Lipinski definition) is 3. The van der Waals surface area contributed by atoms with Crippen molar-refractivity contribution >= 4 is 17.3 Å². The molecule has 4 heteroatoms. The molecule has 1 heterocycles. The van der Waals surface area contributed by atoms with Crippen LogP contribution in [0.2, 0.25) is 5.02 Å². The monoisotopic (exact) mass is 309 g/mol. The van der Waals surface area contributed by atoms with Crippen LogP contribution in [0.25, 0.3) is 0 Å². The second-order valence-electron chi connectivity index (χ2n) is 6.68. The van der Waals surface area contributed by atoms with Crippen molar-refractivity contribution in [3.05, 3.63) is 23.2 Å². The molecule has 3 unspecified atom stereocenters. The summed E-state index contributed by atoms with van der Waals surface area (Å²) in [5.41, 5.74) is 1.14. The molecule has 0 aromatic heterocycles. The summed E-state index contributed by atoms with van der Waals surface area (Å²) in [5, 5.41) is 4.40. The van der Waals surface area contributed by atoms with Crippen molar-refractivity contribution in [3.63, 3.8) is 0 Å². The highest BCUT2D eigenvalue weighted by Crippen LogP contribution is 2.53. The van der Waals surface area contributed by atoms with Crippen molar-refractivity contribution in [2.24, 2.45) is 11.3 Å². The molecule has 1 aromatic rings. The van der Waals surface area contributed by atoms with Gasteiger partial charge in [-0.3, -0.25) is 0 Å². The first kappa shape index (κ1) is 15.0. The molecule has 21 heavy (non-hydrogen) atoms. The van der Waals surface area contributed by atoms with E-state index in [0.717, 1.165) is 42.5 Å². The molecule has 0 bridgehead atoms. The van der Waals surface area contributed by atoms with Crippen LogP contribution in [0.4, 0.5) is 5.69 Å². The van der Waals surface area contributed by atoms with Crippen molar-refractivity contribution in [1.29, 1.82) is 0 Å². The molecule has 1 aliphatic heterocycles. The molecule has 2 aliphatic rings. The van der Waals surface area contributed by atoms with Crippen molar-refractivity contribution in [3.8, 4) is 5.75 Å². The van der Waals surface area contributed by atoms with Gasteiger partial charge in [0.15, 0.2) is 0 Å². The molecule has 1 aliphatic carbocycles. The number of fused-ring (bicyclic) bond motifs is 1. The van der Waals surface area contributed by atoms with Gasteiger partial charge in [-0.15, -0.1) is 0 Å². The van der Waals surface area contributed by atoms with E-state index in [9.17, 15) is 0 Å². The van der Waals surface area contributed by atoms with E-state index in [2.05, 4.69) is 26.1 Å². The molecule has 1 saturated carbocycles. The van der Waals surface area contributed by atoms with Gasteiger partial charge < -0.3 is 14.8 Å². The summed E-state index contributed by atoms with van der Waals surface area (Å²) in [6.45, 7) is 8.26. The Morgan fingerprint density at radius 2 is 2.24 bits per heavy atom. The Balaban J connectivity index is 1.79. The number of hydrogen-bond donors (Lipinski definition) is 1. The predicted octanol–water partition coefficient (Wildman–Crippen LogP) is 4.35. The molecule has 3 nitrogen and oxygen atoms in total. The van der Waals surface area contributed by atoms with Crippen LogP contribution < -0.4 is 10.1 Å². The Hall–Kier alpha value is -0.930. The Kier molecular flexibility index (Phi) is 4.06. The average Bonchev–Trinajstić information content (AvgIpc) is 2.90. The van der Waals surface area contributed by atoms with E-state index < -0.39 is 0 Å².